The number of nitrogens with zero attached hydrogens (tertiary/aromatic N) is 1. The molecule has 0 aromatic heterocycles. The number of anilines is 1. The molecule has 1 N–H and O–H groups in total. The predicted molar refractivity (Wildman–Crippen MR) is 90.6 cm³/mol. The van der Waals surface area contributed by atoms with E-state index < -0.39 is 0 Å². The third-order valence-corrected chi connectivity index (χ3v) is 3.74. The number of benzene rings is 1. The van der Waals surface area contributed by atoms with Crippen molar-refractivity contribution in [3.8, 4) is 0 Å². The van der Waals surface area contributed by atoms with Gasteiger partial charge in [-0.1, -0.05) is 44.4 Å². The quantitative estimate of drug-likeness (QED) is 0.668. The van der Waals surface area contributed by atoms with E-state index in [2.05, 4.69) is 63.0 Å². The van der Waals surface area contributed by atoms with Gasteiger partial charge in [-0.25, -0.2) is 0 Å². The van der Waals surface area contributed by atoms with Crippen molar-refractivity contribution in [2.75, 3.05) is 18.0 Å². The second kappa shape index (κ2) is 9.02. The molecule has 114 valence electrons. The minimum absolute atomic E-state index is 0.551. The number of nitrogens with one attached hydrogen (secondary N) is 1. The molecule has 0 saturated heterocycles. The van der Waals surface area contributed by atoms with Crippen molar-refractivity contribution in [1.82, 2.24) is 5.32 Å². The first-order valence-electron chi connectivity index (χ1n) is 8.17. The summed E-state index contributed by atoms with van der Waals surface area (Å²) in [5.74, 6) is 0. The van der Waals surface area contributed by atoms with Crippen LogP contribution in [0.1, 0.15) is 58.1 Å². The Hall–Kier alpha value is -1.02. The highest BCUT2D eigenvalue weighted by atomic mass is 15.2. The molecule has 1 aromatic rings. The summed E-state index contributed by atoms with van der Waals surface area (Å²) in [4.78, 5) is 2.56. The van der Waals surface area contributed by atoms with Gasteiger partial charge in [-0.15, -0.1) is 0 Å². The first-order chi connectivity index (χ1) is 9.60. The second-order valence-electron chi connectivity index (χ2n) is 5.91. The normalized spacial score (nSPS) is 11.1. The summed E-state index contributed by atoms with van der Waals surface area (Å²) in [6.45, 7) is 14.3. The standard InChI is InChI=1S/C18H32N2/c1-6-8-9-12-20(15(3)4)18-11-10-16(5)13-17(18)14-19-7-2/h10-11,13,15,19H,6-9,12,14H2,1-5H3. The van der Waals surface area contributed by atoms with E-state index in [0.717, 1.165) is 19.6 Å². The molecule has 0 radical (unpaired) electrons. The van der Waals surface area contributed by atoms with E-state index in [1.807, 2.05) is 0 Å². The first kappa shape index (κ1) is 17.0. The summed E-state index contributed by atoms with van der Waals surface area (Å²) in [6.07, 6.45) is 3.88. The third kappa shape index (κ3) is 5.16. The van der Waals surface area contributed by atoms with Gasteiger partial charge in [0.05, 0.1) is 0 Å². The van der Waals surface area contributed by atoms with Crippen molar-refractivity contribution in [3.63, 3.8) is 0 Å². The number of hydrogen-bond acceptors (Lipinski definition) is 2. The van der Waals surface area contributed by atoms with Crippen LogP contribution in [0.3, 0.4) is 0 Å². The van der Waals surface area contributed by atoms with Crippen molar-refractivity contribution < 1.29 is 0 Å². The second-order valence-corrected chi connectivity index (χ2v) is 5.91. The lowest BCUT2D eigenvalue weighted by Crippen LogP contribution is -2.33. The lowest BCUT2D eigenvalue weighted by atomic mass is 10.1. The Morgan fingerprint density at radius 3 is 2.50 bits per heavy atom. The van der Waals surface area contributed by atoms with Crippen molar-refractivity contribution >= 4 is 5.69 Å². The van der Waals surface area contributed by atoms with Crippen LogP contribution >= 0.6 is 0 Å². The van der Waals surface area contributed by atoms with E-state index in [9.17, 15) is 0 Å². The zero-order valence-corrected chi connectivity index (χ0v) is 14.0. The van der Waals surface area contributed by atoms with Gasteiger partial charge in [0.25, 0.3) is 0 Å². The van der Waals surface area contributed by atoms with Crippen molar-refractivity contribution in [2.24, 2.45) is 0 Å². The highest BCUT2D eigenvalue weighted by Gasteiger charge is 2.14. The minimum atomic E-state index is 0.551. The zero-order chi connectivity index (χ0) is 15.0. The summed E-state index contributed by atoms with van der Waals surface area (Å²) in [7, 11) is 0. The molecule has 2 nitrogen and oxygen atoms in total. The largest absolute Gasteiger partial charge is 0.369 e. The maximum atomic E-state index is 3.47. The van der Waals surface area contributed by atoms with Crippen molar-refractivity contribution in [2.45, 2.75) is 66.5 Å². The number of rotatable bonds is 9. The highest BCUT2D eigenvalue weighted by Crippen LogP contribution is 2.24. The van der Waals surface area contributed by atoms with Crippen LogP contribution in [0.25, 0.3) is 0 Å². The maximum Gasteiger partial charge on any atom is 0.0414 e. The van der Waals surface area contributed by atoms with Crippen LogP contribution in [0.5, 0.6) is 0 Å². The van der Waals surface area contributed by atoms with Crippen molar-refractivity contribution in [3.05, 3.63) is 29.3 Å². The Morgan fingerprint density at radius 1 is 1.15 bits per heavy atom. The van der Waals surface area contributed by atoms with Gasteiger partial charge >= 0.3 is 0 Å². The summed E-state index contributed by atoms with van der Waals surface area (Å²) < 4.78 is 0. The van der Waals surface area contributed by atoms with Gasteiger partial charge in [0.2, 0.25) is 0 Å². The van der Waals surface area contributed by atoms with E-state index in [0.29, 0.717) is 6.04 Å². The molecule has 2 heteroatoms. The topological polar surface area (TPSA) is 15.3 Å². The van der Waals surface area contributed by atoms with Crippen LogP contribution in [0.15, 0.2) is 18.2 Å². The fraction of sp³-hybridized carbons (Fsp3) is 0.667. The molecule has 1 rings (SSSR count). The molecule has 0 aliphatic carbocycles. The van der Waals surface area contributed by atoms with E-state index in [-0.39, 0.29) is 0 Å². The van der Waals surface area contributed by atoms with Crippen LogP contribution < -0.4 is 10.2 Å². The Morgan fingerprint density at radius 2 is 1.90 bits per heavy atom. The van der Waals surface area contributed by atoms with Crippen molar-refractivity contribution in [1.29, 1.82) is 0 Å². The molecule has 0 unspecified atom stereocenters. The van der Waals surface area contributed by atoms with E-state index in [4.69, 9.17) is 0 Å². The van der Waals surface area contributed by atoms with Gasteiger partial charge in [0, 0.05) is 24.8 Å². The minimum Gasteiger partial charge on any atom is -0.369 e. The Labute approximate surface area is 125 Å². The van der Waals surface area contributed by atoms with Gasteiger partial charge in [0.1, 0.15) is 0 Å². The van der Waals surface area contributed by atoms with Crippen LogP contribution in [-0.4, -0.2) is 19.1 Å². The Bertz CT molecular complexity index is 385. The number of aryl methyl sites for hydroxylation is 1. The SMILES string of the molecule is CCCCCN(c1ccc(C)cc1CNCC)C(C)C. The molecule has 0 bridgehead atoms. The fourth-order valence-electron chi connectivity index (χ4n) is 2.58. The third-order valence-electron chi connectivity index (χ3n) is 3.74. The summed E-state index contributed by atoms with van der Waals surface area (Å²) in [5, 5.41) is 3.47. The maximum absolute atomic E-state index is 3.47. The van der Waals surface area contributed by atoms with Crippen LogP contribution in [0.4, 0.5) is 5.69 Å². The molecule has 0 atom stereocenters. The average molecular weight is 276 g/mol. The predicted octanol–water partition coefficient (Wildman–Crippen LogP) is 4.51. The number of unbranched alkanes of at least 4 members (excludes halogenated alkanes) is 2. The molecular formula is C18H32N2. The molecule has 1 aromatic carbocycles. The van der Waals surface area contributed by atoms with Crippen LogP contribution in [-0.2, 0) is 6.54 Å². The van der Waals surface area contributed by atoms with Gasteiger partial charge < -0.3 is 10.2 Å². The lowest BCUT2D eigenvalue weighted by molar-refractivity contribution is 0.620. The molecule has 0 spiro atoms. The summed E-state index contributed by atoms with van der Waals surface area (Å²) in [6, 6.07) is 7.41. The Kier molecular flexibility index (Phi) is 7.68. The lowest BCUT2D eigenvalue weighted by Gasteiger charge is -2.31. The zero-order valence-electron chi connectivity index (χ0n) is 14.0. The molecular weight excluding hydrogens is 244 g/mol. The Balaban J connectivity index is 2.92. The summed E-state index contributed by atoms with van der Waals surface area (Å²) >= 11 is 0. The van der Waals surface area contributed by atoms with Gasteiger partial charge in [-0.2, -0.15) is 0 Å². The molecule has 0 aliphatic heterocycles. The van der Waals surface area contributed by atoms with E-state index >= 15 is 0 Å². The molecule has 0 saturated carbocycles. The smallest absolute Gasteiger partial charge is 0.0414 e. The number of hydrogen-bond donors (Lipinski definition) is 1. The molecule has 20 heavy (non-hydrogen) atoms. The summed E-state index contributed by atoms with van der Waals surface area (Å²) in [5.41, 5.74) is 4.18. The van der Waals surface area contributed by atoms with E-state index in [1.54, 1.807) is 0 Å². The molecule has 0 amide bonds. The fourth-order valence-corrected chi connectivity index (χ4v) is 2.58. The molecule has 0 heterocycles. The monoisotopic (exact) mass is 276 g/mol. The van der Waals surface area contributed by atoms with Gasteiger partial charge in [-0.3, -0.25) is 0 Å². The van der Waals surface area contributed by atoms with Crippen LogP contribution in [0.2, 0.25) is 0 Å². The first-order valence-corrected chi connectivity index (χ1v) is 8.17. The highest BCUT2D eigenvalue weighted by molar-refractivity contribution is 5.55. The molecule has 0 fully saturated rings. The molecule has 0 aliphatic rings. The average Bonchev–Trinajstić information content (AvgIpc) is 2.42. The van der Waals surface area contributed by atoms with Gasteiger partial charge in [-0.05, 0) is 45.4 Å². The van der Waals surface area contributed by atoms with Crippen LogP contribution in [0, 0.1) is 6.92 Å². The van der Waals surface area contributed by atoms with Gasteiger partial charge in [0.15, 0.2) is 0 Å². The van der Waals surface area contributed by atoms with E-state index in [1.165, 1.54) is 36.1 Å².